The SMILES string of the molecule is COc1ccc2c(c1)C=C(c1nnc(Cc3ccc(N)cc3)o1)CO2. The number of benzene rings is 2. The Hall–Kier alpha value is -3.28. The summed E-state index contributed by atoms with van der Waals surface area (Å²) in [5.74, 6) is 2.61. The first-order valence-electron chi connectivity index (χ1n) is 7.90. The van der Waals surface area contributed by atoms with Gasteiger partial charge in [0.25, 0.3) is 0 Å². The zero-order valence-electron chi connectivity index (χ0n) is 13.7. The van der Waals surface area contributed by atoms with Gasteiger partial charge in [-0.25, -0.2) is 0 Å². The lowest BCUT2D eigenvalue weighted by Crippen LogP contribution is -2.07. The number of anilines is 1. The number of methoxy groups -OCH3 is 1. The Balaban J connectivity index is 1.57. The summed E-state index contributed by atoms with van der Waals surface area (Å²) in [6, 6.07) is 13.3. The minimum Gasteiger partial charge on any atom is -0.497 e. The van der Waals surface area contributed by atoms with Crippen LogP contribution in [0.5, 0.6) is 11.5 Å². The predicted octanol–water partition coefficient (Wildman–Crippen LogP) is 3.18. The lowest BCUT2D eigenvalue weighted by atomic mass is 10.1. The highest BCUT2D eigenvalue weighted by molar-refractivity contribution is 5.83. The fraction of sp³-hybridized carbons (Fsp3) is 0.158. The summed E-state index contributed by atoms with van der Waals surface area (Å²) in [7, 11) is 1.64. The second-order valence-corrected chi connectivity index (χ2v) is 5.78. The van der Waals surface area contributed by atoms with Crippen LogP contribution in [-0.2, 0) is 6.42 Å². The highest BCUT2D eigenvalue weighted by Gasteiger charge is 2.18. The van der Waals surface area contributed by atoms with Gasteiger partial charge >= 0.3 is 0 Å². The van der Waals surface area contributed by atoms with Crippen molar-refractivity contribution >= 4 is 17.3 Å². The molecule has 2 N–H and O–H groups in total. The predicted molar refractivity (Wildman–Crippen MR) is 94.3 cm³/mol. The number of nitrogens with two attached hydrogens (primary N) is 1. The summed E-state index contributed by atoms with van der Waals surface area (Å²) < 4.78 is 16.8. The third-order valence-electron chi connectivity index (χ3n) is 4.01. The van der Waals surface area contributed by atoms with Gasteiger partial charge in [-0.05, 0) is 42.0 Å². The fourth-order valence-electron chi connectivity index (χ4n) is 2.67. The molecule has 126 valence electrons. The summed E-state index contributed by atoms with van der Waals surface area (Å²) >= 11 is 0. The van der Waals surface area contributed by atoms with Crippen molar-refractivity contribution in [2.24, 2.45) is 0 Å². The molecule has 0 amide bonds. The molecule has 0 bridgehead atoms. The molecular formula is C19H17N3O3. The van der Waals surface area contributed by atoms with Gasteiger partial charge in [-0.3, -0.25) is 0 Å². The van der Waals surface area contributed by atoms with Crippen molar-refractivity contribution in [2.45, 2.75) is 6.42 Å². The fourth-order valence-corrected chi connectivity index (χ4v) is 2.67. The number of aromatic nitrogens is 2. The van der Waals surface area contributed by atoms with Gasteiger partial charge in [0.05, 0.1) is 19.1 Å². The van der Waals surface area contributed by atoms with Crippen molar-refractivity contribution < 1.29 is 13.9 Å². The molecule has 6 heteroatoms. The van der Waals surface area contributed by atoms with Gasteiger partial charge in [0.15, 0.2) is 0 Å². The Bertz CT molecular complexity index is 929. The van der Waals surface area contributed by atoms with E-state index in [1.54, 1.807) is 7.11 Å². The average Bonchev–Trinajstić information content (AvgIpc) is 3.11. The van der Waals surface area contributed by atoms with Crippen molar-refractivity contribution in [3.05, 3.63) is 65.4 Å². The van der Waals surface area contributed by atoms with Crippen LogP contribution in [0.15, 0.2) is 46.9 Å². The van der Waals surface area contributed by atoms with E-state index < -0.39 is 0 Å². The molecule has 4 rings (SSSR count). The first-order valence-corrected chi connectivity index (χ1v) is 7.90. The zero-order valence-corrected chi connectivity index (χ0v) is 13.7. The monoisotopic (exact) mass is 335 g/mol. The molecule has 0 spiro atoms. The van der Waals surface area contributed by atoms with Crippen molar-refractivity contribution in [1.29, 1.82) is 0 Å². The smallest absolute Gasteiger partial charge is 0.247 e. The van der Waals surface area contributed by atoms with Crippen LogP contribution >= 0.6 is 0 Å². The number of nitrogen functional groups attached to an aromatic ring is 1. The summed E-state index contributed by atoms with van der Waals surface area (Å²) in [5, 5.41) is 8.28. The van der Waals surface area contributed by atoms with Crippen LogP contribution in [0.1, 0.15) is 22.9 Å². The third kappa shape index (κ3) is 3.19. The summed E-state index contributed by atoms with van der Waals surface area (Å²) in [6.45, 7) is 0.392. The Labute approximate surface area is 144 Å². The number of rotatable bonds is 4. The second kappa shape index (κ2) is 6.32. The van der Waals surface area contributed by atoms with Crippen LogP contribution in [0.3, 0.4) is 0 Å². The molecule has 2 aromatic carbocycles. The summed E-state index contributed by atoms with van der Waals surface area (Å²) in [4.78, 5) is 0. The molecule has 25 heavy (non-hydrogen) atoms. The topological polar surface area (TPSA) is 83.4 Å². The third-order valence-corrected chi connectivity index (χ3v) is 4.01. The van der Waals surface area contributed by atoms with E-state index in [0.717, 1.165) is 33.9 Å². The number of hydrogen-bond donors (Lipinski definition) is 1. The van der Waals surface area contributed by atoms with Crippen LogP contribution in [-0.4, -0.2) is 23.9 Å². The molecular weight excluding hydrogens is 318 g/mol. The molecule has 0 saturated carbocycles. The van der Waals surface area contributed by atoms with Gasteiger partial charge in [0.1, 0.15) is 18.1 Å². The van der Waals surface area contributed by atoms with Crippen molar-refractivity contribution in [1.82, 2.24) is 10.2 Å². The van der Waals surface area contributed by atoms with E-state index in [9.17, 15) is 0 Å². The molecule has 6 nitrogen and oxygen atoms in total. The van der Waals surface area contributed by atoms with Gasteiger partial charge in [-0.1, -0.05) is 12.1 Å². The standard InChI is InChI=1S/C19H17N3O3/c1-23-16-6-7-17-13(10-16)9-14(11-24-17)19-22-21-18(25-19)8-12-2-4-15(20)5-3-12/h2-7,9-10H,8,11,20H2,1H3. The lowest BCUT2D eigenvalue weighted by Gasteiger charge is -2.16. The van der Waals surface area contributed by atoms with Gasteiger partial charge in [0, 0.05) is 11.3 Å². The first-order chi connectivity index (χ1) is 12.2. The minimum absolute atomic E-state index is 0.392. The largest absolute Gasteiger partial charge is 0.497 e. The average molecular weight is 335 g/mol. The van der Waals surface area contributed by atoms with Crippen molar-refractivity contribution in [2.75, 3.05) is 19.5 Å². The number of hydrogen-bond acceptors (Lipinski definition) is 6. The molecule has 0 unspecified atom stereocenters. The normalized spacial score (nSPS) is 12.9. The molecule has 0 fully saturated rings. The quantitative estimate of drug-likeness (QED) is 0.737. The Kier molecular flexibility index (Phi) is 3.85. The minimum atomic E-state index is 0.392. The molecule has 1 aliphatic heterocycles. The van der Waals surface area contributed by atoms with Crippen LogP contribution in [0.4, 0.5) is 5.69 Å². The number of fused-ring (bicyclic) bond motifs is 1. The van der Waals surface area contributed by atoms with E-state index in [4.69, 9.17) is 19.6 Å². The number of ether oxygens (including phenoxy) is 2. The Morgan fingerprint density at radius 3 is 2.76 bits per heavy atom. The molecule has 0 aliphatic carbocycles. The van der Waals surface area contributed by atoms with E-state index in [1.807, 2.05) is 48.5 Å². The highest BCUT2D eigenvalue weighted by atomic mass is 16.5. The van der Waals surface area contributed by atoms with Crippen LogP contribution < -0.4 is 15.2 Å². The van der Waals surface area contributed by atoms with Crippen LogP contribution in [0.25, 0.3) is 11.6 Å². The van der Waals surface area contributed by atoms with E-state index in [2.05, 4.69) is 10.2 Å². The number of nitrogens with zero attached hydrogens (tertiary/aromatic N) is 2. The van der Waals surface area contributed by atoms with E-state index >= 15 is 0 Å². The maximum Gasteiger partial charge on any atom is 0.247 e. The second-order valence-electron chi connectivity index (χ2n) is 5.78. The maximum absolute atomic E-state index is 5.80. The highest BCUT2D eigenvalue weighted by Crippen LogP contribution is 2.32. The molecule has 0 saturated heterocycles. The Morgan fingerprint density at radius 1 is 1.12 bits per heavy atom. The maximum atomic E-state index is 5.80. The summed E-state index contributed by atoms with van der Waals surface area (Å²) in [5.41, 5.74) is 9.27. The zero-order chi connectivity index (χ0) is 17.2. The molecule has 1 aromatic heterocycles. The molecule has 2 heterocycles. The van der Waals surface area contributed by atoms with Gasteiger partial charge < -0.3 is 19.6 Å². The summed E-state index contributed by atoms with van der Waals surface area (Å²) in [6.07, 6.45) is 2.55. The Morgan fingerprint density at radius 2 is 1.96 bits per heavy atom. The molecule has 3 aromatic rings. The van der Waals surface area contributed by atoms with Gasteiger partial charge in [0.2, 0.25) is 11.8 Å². The molecule has 1 aliphatic rings. The van der Waals surface area contributed by atoms with Crippen molar-refractivity contribution in [3.63, 3.8) is 0 Å². The van der Waals surface area contributed by atoms with Crippen LogP contribution in [0, 0.1) is 0 Å². The van der Waals surface area contributed by atoms with E-state index in [-0.39, 0.29) is 0 Å². The first kappa shape index (κ1) is 15.3. The molecule has 0 radical (unpaired) electrons. The van der Waals surface area contributed by atoms with E-state index in [0.29, 0.717) is 24.8 Å². The lowest BCUT2D eigenvalue weighted by molar-refractivity contribution is 0.357. The van der Waals surface area contributed by atoms with Crippen molar-refractivity contribution in [3.8, 4) is 11.5 Å². The van der Waals surface area contributed by atoms with E-state index in [1.165, 1.54) is 0 Å². The van der Waals surface area contributed by atoms with Gasteiger partial charge in [-0.2, -0.15) is 0 Å². The van der Waals surface area contributed by atoms with Crippen LogP contribution in [0.2, 0.25) is 0 Å². The molecule has 0 atom stereocenters. The van der Waals surface area contributed by atoms with Gasteiger partial charge in [-0.15, -0.1) is 10.2 Å².